The smallest absolute Gasteiger partial charge is 0.408 e. The monoisotopic (exact) mass is 357 g/mol. The Kier molecular flexibility index (Phi) is 9.55. The van der Waals surface area contributed by atoms with E-state index in [-0.39, 0.29) is 18.4 Å². The highest BCUT2D eigenvalue weighted by Gasteiger charge is 2.24. The summed E-state index contributed by atoms with van der Waals surface area (Å²) in [6, 6.07) is 9.98. The fourth-order valence-electron chi connectivity index (χ4n) is 2.34. The molecular formula is C20H27N3O3. The Balaban J connectivity index is 2.61. The summed E-state index contributed by atoms with van der Waals surface area (Å²) < 4.78 is 5.18. The van der Waals surface area contributed by atoms with Gasteiger partial charge in [-0.3, -0.25) is 4.79 Å². The second-order valence-electron chi connectivity index (χ2n) is 6.44. The molecule has 0 aromatic heterocycles. The number of allylic oxidation sites excluding steroid dienone is 1. The fraction of sp³-hybridized carbons (Fsp3) is 0.450. The van der Waals surface area contributed by atoms with Crippen LogP contribution in [0.2, 0.25) is 0 Å². The zero-order valence-electron chi connectivity index (χ0n) is 15.4. The third-order valence-electron chi connectivity index (χ3n) is 3.66. The zero-order chi connectivity index (χ0) is 19.4. The summed E-state index contributed by atoms with van der Waals surface area (Å²) in [4.78, 5) is 24.5. The second kappa shape index (κ2) is 11.7. The first kappa shape index (κ1) is 21.2. The molecule has 0 aliphatic heterocycles. The molecule has 6 heteroatoms. The predicted molar refractivity (Wildman–Crippen MR) is 100.0 cm³/mol. The van der Waals surface area contributed by atoms with Gasteiger partial charge in [0.05, 0.1) is 6.07 Å². The van der Waals surface area contributed by atoms with Crippen molar-refractivity contribution in [2.24, 2.45) is 5.92 Å². The van der Waals surface area contributed by atoms with E-state index in [2.05, 4.69) is 23.3 Å². The molecule has 26 heavy (non-hydrogen) atoms. The minimum atomic E-state index is -0.752. The van der Waals surface area contributed by atoms with Gasteiger partial charge < -0.3 is 15.4 Å². The van der Waals surface area contributed by atoms with Gasteiger partial charge in [-0.1, -0.05) is 50.3 Å². The first-order valence-electron chi connectivity index (χ1n) is 8.74. The number of carbonyl (C=O) groups is 2. The van der Waals surface area contributed by atoms with Crippen molar-refractivity contribution in [1.29, 1.82) is 5.26 Å². The van der Waals surface area contributed by atoms with Crippen molar-refractivity contribution >= 4 is 12.0 Å². The first-order valence-corrected chi connectivity index (χ1v) is 8.74. The maximum atomic E-state index is 12.5. The highest BCUT2D eigenvalue weighted by molar-refractivity contribution is 5.86. The van der Waals surface area contributed by atoms with E-state index in [0.29, 0.717) is 19.3 Å². The molecule has 1 rings (SSSR count). The molecule has 0 bridgehead atoms. The Morgan fingerprint density at radius 3 is 2.54 bits per heavy atom. The number of nitrogens with one attached hydrogen (secondary N) is 2. The largest absolute Gasteiger partial charge is 0.445 e. The van der Waals surface area contributed by atoms with Crippen LogP contribution in [0.3, 0.4) is 0 Å². The van der Waals surface area contributed by atoms with E-state index < -0.39 is 18.2 Å². The molecule has 0 saturated carbocycles. The zero-order valence-corrected chi connectivity index (χ0v) is 15.4. The quantitative estimate of drug-likeness (QED) is 0.629. The van der Waals surface area contributed by atoms with Crippen LogP contribution in [-0.4, -0.2) is 24.1 Å². The van der Waals surface area contributed by atoms with Gasteiger partial charge in [0, 0.05) is 0 Å². The molecule has 2 atom stereocenters. The number of hydrogen-bond donors (Lipinski definition) is 2. The van der Waals surface area contributed by atoms with Crippen molar-refractivity contribution in [1.82, 2.24) is 10.6 Å². The molecule has 2 N–H and O–H groups in total. The average Bonchev–Trinajstić information content (AvgIpc) is 2.63. The molecule has 0 radical (unpaired) electrons. The molecule has 0 fully saturated rings. The van der Waals surface area contributed by atoms with Crippen LogP contribution in [0.4, 0.5) is 4.79 Å². The Labute approximate surface area is 155 Å². The van der Waals surface area contributed by atoms with E-state index in [1.807, 2.05) is 44.2 Å². The number of rotatable bonds is 10. The molecule has 2 amide bonds. The van der Waals surface area contributed by atoms with Crippen LogP contribution in [0.1, 0.15) is 38.7 Å². The van der Waals surface area contributed by atoms with Gasteiger partial charge in [-0.05, 0) is 30.7 Å². The first-order chi connectivity index (χ1) is 12.5. The standard InChI is InChI=1S/C20H27N3O3/c1-4-5-11-17(13-21)22-19(24)18(12-15(2)3)23-20(25)26-14-16-9-7-6-8-10-16/h4,6-10,15,17-18H,1,5,11-12,14H2,2-3H3,(H,22,24)(H,23,25)/t17?,18-/m0/s1. The van der Waals surface area contributed by atoms with Crippen molar-refractivity contribution in [3.8, 4) is 6.07 Å². The molecular weight excluding hydrogens is 330 g/mol. The van der Waals surface area contributed by atoms with Gasteiger partial charge in [0.15, 0.2) is 0 Å². The predicted octanol–water partition coefficient (Wildman–Crippen LogP) is 3.30. The molecule has 0 spiro atoms. The van der Waals surface area contributed by atoms with Gasteiger partial charge in [0.1, 0.15) is 18.7 Å². The summed E-state index contributed by atoms with van der Waals surface area (Å²) >= 11 is 0. The maximum absolute atomic E-state index is 12.5. The van der Waals surface area contributed by atoms with Crippen molar-refractivity contribution in [3.63, 3.8) is 0 Å². The fourth-order valence-corrected chi connectivity index (χ4v) is 2.34. The Bertz CT molecular complexity index is 623. The molecule has 1 aromatic rings. The minimum absolute atomic E-state index is 0.128. The summed E-state index contributed by atoms with van der Waals surface area (Å²) in [6.07, 6.45) is 2.60. The van der Waals surface area contributed by atoms with E-state index in [9.17, 15) is 9.59 Å². The van der Waals surface area contributed by atoms with E-state index in [1.165, 1.54) is 0 Å². The van der Waals surface area contributed by atoms with Crippen LogP contribution in [0.15, 0.2) is 43.0 Å². The van der Waals surface area contributed by atoms with Gasteiger partial charge in [0.25, 0.3) is 0 Å². The van der Waals surface area contributed by atoms with E-state index in [0.717, 1.165) is 5.56 Å². The number of alkyl carbamates (subject to hydrolysis) is 1. The van der Waals surface area contributed by atoms with E-state index >= 15 is 0 Å². The summed E-state index contributed by atoms with van der Waals surface area (Å²) in [5, 5.41) is 14.4. The van der Waals surface area contributed by atoms with Gasteiger partial charge in [-0.2, -0.15) is 5.26 Å². The van der Waals surface area contributed by atoms with Crippen molar-refractivity contribution in [2.45, 2.75) is 51.8 Å². The lowest BCUT2D eigenvalue weighted by atomic mass is 10.0. The molecule has 140 valence electrons. The van der Waals surface area contributed by atoms with Gasteiger partial charge in [-0.25, -0.2) is 4.79 Å². The van der Waals surface area contributed by atoms with E-state index in [1.54, 1.807) is 6.08 Å². The maximum Gasteiger partial charge on any atom is 0.408 e. The summed E-state index contributed by atoms with van der Waals surface area (Å²) in [7, 11) is 0. The van der Waals surface area contributed by atoms with Crippen LogP contribution in [0.5, 0.6) is 0 Å². The number of nitriles is 1. The Morgan fingerprint density at radius 1 is 1.27 bits per heavy atom. The number of carbonyl (C=O) groups excluding carboxylic acids is 2. The second-order valence-corrected chi connectivity index (χ2v) is 6.44. The van der Waals surface area contributed by atoms with Gasteiger partial charge in [0.2, 0.25) is 5.91 Å². The molecule has 0 aliphatic rings. The lowest BCUT2D eigenvalue weighted by molar-refractivity contribution is -0.123. The Hall–Kier alpha value is -2.81. The van der Waals surface area contributed by atoms with Crippen molar-refractivity contribution in [3.05, 3.63) is 48.6 Å². The number of ether oxygens (including phenoxy) is 1. The molecule has 0 heterocycles. The van der Waals surface area contributed by atoms with E-state index in [4.69, 9.17) is 10.00 Å². The lowest BCUT2D eigenvalue weighted by Gasteiger charge is -2.21. The van der Waals surface area contributed by atoms with Crippen LogP contribution in [0, 0.1) is 17.2 Å². The summed E-state index contributed by atoms with van der Waals surface area (Å²) in [5.41, 5.74) is 0.862. The van der Waals surface area contributed by atoms with Crippen molar-refractivity contribution in [2.75, 3.05) is 0 Å². The molecule has 1 aromatic carbocycles. The van der Waals surface area contributed by atoms with Gasteiger partial charge >= 0.3 is 6.09 Å². The number of hydrogen-bond acceptors (Lipinski definition) is 4. The Morgan fingerprint density at radius 2 is 1.96 bits per heavy atom. The average molecular weight is 357 g/mol. The number of nitrogens with zero attached hydrogens (tertiary/aromatic N) is 1. The number of benzene rings is 1. The number of amides is 2. The topological polar surface area (TPSA) is 91.2 Å². The lowest BCUT2D eigenvalue weighted by Crippen LogP contribution is -2.50. The summed E-state index contributed by atoms with van der Waals surface area (Å²) in [6.45, 7) is 7.65. The third-order valence-corrected chi connectivity index (χ3v) is 3.66. The summed E-state index contributed by atoms with van der Waals surface area (Å²) in [5.74, 6) is -0.195. The molecule has 0 aliphatic carbocycles. The SMILES string of the molecule is C=CCCC(C#N)NC(=O)[C@H](CC(C)C)NC(=O)OCc1ccccc1. The molecule has 6 nitrogen and oxygen atoms in total. The molecule has 0 saturated heterocycles. The van der Waals surface area contributed by atoms with Crippen LogP contribution >= 0.6 is 0 Å². The third kappa shape index (κ3) is 8.34. The van der Waals surface area contributed by atoms with Crippen LogP contribution < -0.4 is 10.6 Å². The normalized spacial score (nSPS) is 12.5. The van der Waals surface area contributed by atoms with Crippen LogP contribution in [-0.2, 0) is 16.1 Å². The highest BCUT2D eigenvalue weighted by atomic mass is 16.5. The highest BCUT2D eigenvalue weighted by Crippen LogP contribution is 2.08. The van der Waals surface area contributed by atoms with Crippen LogP contribution in [0.25, 0.3) is 0 Å². The molecule has 1 unspecified atom stereocenters. The minimum Gasteiger partial charge on any atom is -0.445 e. The van der Waals surface area contributed by atoms with Crippen molar-refractivity contribution < 1.29 is 14.3 Å². The van der Waals surface area contributed by atoms with Gasteiger partial charge in [-0.15, -0.1) is 6.58 Å².